The molecule has 0 amide bonds. The molecule has 1 heterocycles. The van der Waals surface area contributed by atoms with E-state index < -0.39 is 0 Å². The van der Waals surface area contributed by atoms with Crippen molar-refractivity contribution in [1.29, 1.82) is 0 Å². The van der Waals surface area contributed by atoms with Crippen molar-refractivity contribution in [3.63, 3.8) is 0 Å². The number of hydrogen-bond donors (Lipinski definition) is 0. The highest BCUT2D eigenvalue weighted by atomic mass is 15.1. The summed E-state index contributed by atoms with van der Waals surface area (Å²) in [5.74, 6) is 0. The zero-order valence-corrected chi connectivity index (χ0v) is 5.02. The summed E-state index contributed by atoms with van der Waals surface area (Å²) < 4.78 is 0. The van der Waals surface area contributed by atoms with Crippen molar-refractivity contribution in [3.05, 3.63) is 23.7 Å². The maximum atomic E-state index is 2.91. The van der Waals surface area contributed by atoms with E-state index >= 15 is 0 Å². The Bertz CT molecular complexity index is 157. The van der Waals surface area contributed by atoms with Gasteiger partial charge in [-0.05, 0) is 12.5 Å². The summed E-state index contributed by atoms with van der Waals surface area (Å²) in [5, 5.41) is 0. The average molecular weight is 107 g/mol. The zero-order chi connectivity index (χ0) is 5.82. The van der Waals surface area contributed by atoms with E-state index in [2.05, 4.69) is 16.4 Å². The van der Waals surface area contributed by atoms with Crippen molar-refractivity contribution in [2.75, 3.05) is 13.6 Å². The smallest absolute Gasteiger partial charge is 0.0506 e. The molecule has 0 radical (unpaired) electrons. The lowest BCUT2D eigenvalue weighted by molar-refractivity contribution is 0.467. The highest BCUT2D eigenvalue weighted by Crippen LogP contribution is 1.90. The molecule has 0 spiro atoms. The second-order valence-corrected chi connectivity index (χ2v) is 1.89. The molecule has 0 atom stereocenters. The minimum absolute atomic E-state index is 1.08. The van der Waals surface area contributed by atoms with Gasteiger partial charge in [-0.3, -0.25) is 0 Å². The average Bonchev–Trinajstić information content (AvgIpc) is 1.94. The van der Waals surface area contributed by atoms with Crippen LogP contribution in [-0.4, -0.2) is 18.5 Å². The number of rotatable bonds is 0. The Morgan fingerprint density at radius 2 is 2.38 bits per heavy atom. The van der Waals surface area contributed by atoms with Gasteiger partial charge in [0.05, 0.1) is 6.20 Å². The van der Waals surface area contributed by atoms with E-state index in [4.69, 9.17) is 0 Å². The van der Waals surface area contributed by atoms with Gasteiger partial charge in [0.2, 0.25) is 0 Å². The van der Waals surface area contributed by atoms with Crippen LogP contribution < -0.4 is 0 Å². The zero-order valence-electron chi connectivity index (χ0n) is 5.02. The highest BCUT2D eigenvalue weighted by Gasteiger charge is 1.87. The summed E-state index contributed by atoms with van der Waals surface area (Å²) in [4.78, 5) is 2.09. The van der Waals surface area contributed by atoms with Crippen molar-refractivity contribution < 1.29 is 0 Å². The van der Waals surface area contributed by atoms with E-state index in [0.717, 1.165) is 13.0 Å². The van der Waals surface area contributed by atoms with Crippen LogP contribution in [0.3, 0.4) is 0 Å². The van der Waals surface area contributed by atoms with Crippen LogP contribution in [0.5, 0.6) is 0 Å². The van der Waals surface area contributed by atoms with Crippen LogP contribution in [0, 0.1) is 0 Å². The maximum Gasteiger partial charge on any atom is 0.0506 e. The molecule has 0 aromatic heterocycles. The molecule has 1 rings (SSSR count). The summed E-state index contributed by atoms with van der Waals surface area (Å²) in [6, 6.07) is 0. The Labute approximate surface area is 49.6 Å². The summed E-state index contributed by atoms with van der Waals surface area (Å²) in [5.41, 5.74) is 5.80. The van der Waals surface area contributed by atoms with Gasteiger partial charge in [-0.25, -0.2) is 0 Å². The van der Waals surface area contributed by atoms with E-state index in [9.17, 15) is 0 Å². The fraction of sp³-hybridized carbons (Fsp3) is 0.429. The van der Waals surface area contributed by atoms with Crippen LogP contribution in [0.25, 0.3) is 0 Å². The Balaban J connectivity index is 2.73. The summed E-state index contributed by atoms with van der Waals surface area (Å²) in [6.45, 7) is 1.08. The largest absolute Gasteiger partial charge is 0.373 e. The fourth-order valence-corrected chi connectivity index (χ4v) is 0.611. The minimum atomic E-state index is 1.08. The van der Waals surface area contributed by atoms with Gasteiger partial charge in [-0.15, -0.1) is 0 Å². The van der Waals surface area contributed by atoms with Gasteiger partial charge in [0, 0.05) is 13.6 Å². The molecular formula is C7H9N. The number of nitrogens with zero attached hydrogens (tertiary/aromatic N) is 1. The van der Waals surface area contributed by atoms with Gasteiger partial charge in [-0.1, -0.05) is 11.5 Å². The molecule has 0 aromatic rings. The van der Waals surface area contributed by atoms with E-state index in [1.165, 1.54) is 0 Å². The van der Waals surface area contributed by atoms with Gasteiger partial charge in [0.25, 0.3) is 0 Å². The third-order valence-corrected chi connectivity index (χ3v) is 1.10. The lowest BCUT2D eigenvalue weighted by atomic mass is 10.4. The second kappa shape index (κ2) is 2.42. The Hall–Kier alpha value is -0.900. The van der Waals surface area contributed by atoms with Gasteiger partial charge >= 0.3 is 0 Å². The first-order chi connectivity index (χ1) is 3.89. The molecule has 0 N–H and O–H groups in total. The monoisotopic (exact) mass is 107 g/mol. The third-order valence-electron chi connectivity index (χ3n) is 1.10. The summed E-state index contributed by atoms with van der Waals surface area (Å²) in [7, 11) is 2.04. The summed E-state index contributed by atoms with van der Waals surface area (Å²) >= 11 is 0. The molecule has 42 valence electrons. The van der Waals surface area contributed by atoms with E-state index in [-0.39, 0.29) is 0 Å². The molecule has 0 aliphatic carbocycles. The first kappa shape index (κ1) is 5.24. The molecule has 0 fully saturated rings. The van der Waals surface area contributed by atoms with Crippen molar-refractivity contribution in [2.45, 2.75) is 6.42 Å². The second-order valence-electron chi connectivity index (χ2n) is 1.89. The van der Waals surface area contributed by atoms with E-state index in [0.29, 0.717) is 0 Å². The topological polar surface area (TPSA) is 3.24 Å². The predicted octanol–water partition coefficient (Wildman–Crippen LogP) is 1.15. The Morgan fingerprint density at radius 3 is 3.25 bits per heavy atom. The van der Waals surface area contributed by atoms with Crippen LogP contribution in [0.2, 0.25) is 0 Å². The molecule has 0 saturated heterocycles. The van der Waals surface area contributed by atoms with Gasteiger partial charge < -0.3 is 4.90 Å². The van der Waals surface area contributed by atoms with Crippen LogP contribution in [0.1, 0.15) is 6.42 Å². The quantitative estimate of drug-likeness (QED) is 0.420. The van der Waals surface area contributed by atoms with E-state index in [1.807, 2.05) is 19.3 Å². The molecule has 1 aliphatic heterocycles. The van der Waals surface area contributed by atoms with Crippen LogP contribution in [0.15, 0.2) is 23.7 Å². The third kappa shape index (κ3) is 1.31. The molecular weight excluding hydrogens is 98.1 g/mol. The molecule has 1 heteroatoms. The van der Waals surface area contributed by atoms with Crippen molar-refractivity contribution in [2.24, 2.45) is 0 Å². The van der Waals surface area contributed by atoms with Gasteiger partial charge in [-0.2, -0.15) is 0 Å². The normalized spacial score (nSPS) is 16.9. The lowest BCUT2D eigenvalue weighted by Crippen LogP contribution is -2.09. The van der Waals surface area contributed by atoms with E-state index in [1.54, 1.807) is 0 Å². The predicted molar refractivity (Wildman–Crippen MR) is 33.4 cm³/mol. The standard InChI is InChI=1S/C7H9N/c1-8-6-4-2-3-5-7-8/h2,7H,4,6H2,1H3. The molecule has 1 nitrogen and oxygen atoms in total. The van der Waals surface area contributed by atoms with Crippen molar-refractivity contribution >= 4 is 0 Å². The molecule has 0 aromatic carbocycles. The maximum absolute atomic E-state index is 2.91. The number of hydrogen-bond acceptors (Lipinski definition) is 1. The first-order valence-electron chi connectivity index (χ1n) is 2.76. The summed E-state index contributed by atoms with van der Waals surface area (Å²) in [6.07, 6.45) is 4.99. The van der Waals surface area contributed by atoms with Gasteiger partial charge in [0.1, 0.15) is 0 Å². The molecule has 1 aliphatic rings. The fourth-order valence-electron chi connectivity index (χ4n) is 0.611. The Kier molecular flexibility index (Phi) is 1.58. The van der Waals surface area contributed by atoms with Crippen LogP contribution in [0.4, 0.5) is 0 Å². The Morgan fingerprint density at radius 1 is 1.50 bits per heavy atom. The van der Waals surface area contributed by atoms with Crippen molar-refractivity contribution in [1.82, 2.24) is 4.90 Å². The van der Waals surface area contributed by atoms with Crippen LogP contribution >= 0.6 is 0 Å². The SMILES string of the molecule is CN1C=C=C=CCC1. The van der Waals surface area contributed by atoms with Gasteiger partial charge in [0.15, 0.2) is 0 Å². The molecule has 0 unspecified atom stereocenters. The van der Waals surface area contributed by atoms with Crippen molar-refractivity contribution in [3.8, 4) is 0 Å². The first-order valence-corrected chi connectivity index (χ1v) is 2.76. The highest BCUT2D eigenvalue weighted by molar-refractivity contribution is 4.90. The molecule has 0 bridgehead atoms. The van der Waals surface area contributed by atoms with Crippen LogP contribution in [-0.2, 0) is 0 Å². The lowest BCUT2D eigenvalue weighted by Gasteiger charge is -2.07. The minimum Gasteiger partial charge on any atom is -0.373 e. The molecule has 8 heavy (non-hydrogen) atoms. The molecule has 0 saturated carbocycles.